The Bertz CT molecular complexity index is 595. The van der Waals surface area contributed by atoms with Gasteiger partial charge in [-0.15, -0.1) is 0 Å². The van der Waals surface area contributed by atoms with Crippen LogP contribution in [-0.2, 0) is 0 Å². The van der Waals surface area contributed by atoms with Crippen LogP contribution in [0, 0.1) is 12.8 Å². The van der Waals surface area contributed by atoms with Gasteiger partial charge in [0.2, 0.25) is 11.8 Å². The third-order valence-corrected chi connectivity index (χ3v) is 3.12. The fourth-order valence-corrected chi connectivity index (χ4v) is 1.72. The van der Waals surface area contributed by atoms with E-state index in [2.05, 4.69) is 9.97 Å². The standard InChI is InChI=1S/C15H17N3O2/c1-10-2-5-12(8-17-10)20-14-7-6-13(16)15(18-14)19-9-11-3-4-11/h2,5-8,11H,3-4,9,16H2,1H3. The SMILES string of the molecule is Cc1ccc(Oc2ccc(N)c(OCC3CC3)n2)cn1. The zero-order valence-corrected chi connectivity index (χ0v) is 11.4. The molecule has 0 aliphatic heterocycles. The third kappa shape index (κ3) is 3.17. The minimum absolute atomic E-state index is 0.439. The van der Waals surface area contributed by atoms with Gasteiger partial charge in [0.05, 0.1) is 18.5 Å². The topological polar surface area (TPSA) is 70.3 Å². The molecule has 0 aromatic carbocycles. The van der Waals surface area contributed by atoms with Crippen molar-refractivity contribution in [2.24, 2.45) is 5.92 Å². The van der Waals surface area contributed by atoms with Crippen molar-refractivity contribution in [3.63, 3.8) is 0 Å². The van der Waals surface area contributed by atoms with Gasteiger partial charge in [-0.25, -0.2) is 0 Å². The van der Waals surface area contributed by atoms with Crippen molar-refractivity contribution in [2.75, 3.05) is 12.3 Å². The number of nitrogen functional groups attached to an aromatic ring is 1. The van der Waals surface area contributed by atoms with Gasteiger partial charge >= 0.3 is 0 Å². The summed E-state index contributed by atoms with van der Waals surface area (Å²) in [6, 6.07) is 7.20. The first-order valence-electron chi connectivity index (χ1n) is 6.70. The lowest BCUT2D eigenvalue weighted by Gasteiger charge is -2.10. The summed E-state index contributed by atoms with van der Waals surface area (Å²) < 4.78 is 11.3. The number of anilines is 1. The minimum atomic E-state index is 0.439. The fourth-order valence-electron chi connectivity index (χ4n) is 1.72. The summed E-state index contributed by atoms with van der Waals surface area (Å²) in [6.45, 7) is 2.60. The van der Waals surface area contributed by atoms with E-state index >= 15 is 0 Å². The number of ether oxygens (including phenoxy) is 2. The van der Waals surface area contributed by atoms with Crippen LogP contribution in [0.25, 0.3) is 0 Å². The summed E-state index contributed by atoms with van der Waals surface area (Å²) >= 11 is 0. The van der Waals surface area contributed by atoms with Crippen LogP contribution < -0.4 is 15.2 Å². The number of aromatic nitrogens is 2. The van der Waals surface area contributed by atoms with Gasteiger partial charge in [0.25, 0.3) is 0 Å². The highest BCUT2D eigenvalue weighted by Gasteiger charge is 2.22. The Kier molecular flexibility index (Phi) is 3.41. The Morgan fingerprint density at radius 2 is 2.10 bits per heavy atom. The lowest BCUT2D eigenvalue weighted by Crippen LogP contribution is -2.04. The molecule has 0 unspecified atom stereocenters. The van der Waals surface area contributed by atoms with Gasteiger partial charge in [0, 0.05) is 11.8 Å². The average molecular weight is 271 g/mol. The second kappa shape index (κ2) is 5.36. The molecule has 0 bridgehead atoms. The molecule has 2 heterocycles. The highest BCUT2D eigenvalue weighted by atomic mass is 16.5. The van der Waals surface area contributed by atoms with Crippen LogP contribution >= 0.6 is 0 Å². The molecule has 1 fully saturated rings. The van der Waals surface area contributed by atoms with Crippen molar-refractivity contribution in [2.45, 2.75) is 19.8 Å². The maximum absolute atomic E-state index is 5.85. The number of hydrogen-bond donors (Lipinski definition) is 1. The quantitative estimate of drug-likeness (QED) is 0.905. The Morgan fingerprint density at radius 1 is 1.25 bits per heavy atom. The predicted molar refractivity (Wildman–Crippen MR) is 75.9 cm³/mol. The molecule has 3 rings (SSSR count). The van der Waals surface area contributed by atoms with Gasteiger partial charge in [-0.05, 0) is 43.9 Å². The van der Waals surface area contributed by atoms with E-state index in [-0.39, 0.29) is 0 Å². The van der Waals surface area contributed by atoms with Crippen molar-refractivity contribution >= 4 is 5.69 Å². The molecule has 104 valence electrons. The lowest BCUT2D eigenvalue weighted by atomic mass is 10.3. The van der Waals surface area contributed by atoms with Crippen LogP contribution in [0.1, 0.15) is 18.5 Å². The lowest BCUT2D eigenvalue weighted by molar-refractivity contribution is 0.286. The number of aryl methyl sites for hydroxylation is 1. The fraction of sp³-hybridized carbons (Fsp3) is 0.333. The molecule has 1 saturated carbocycles. The first kappa shape index (κ1) is 12.7. The Morgan fingerprint density at radius 3 is 2.80 bits per heavy atom. The van der Waals surface area contributed by atoms with Crippen LogP contribution in [0.3, 0.4) is 0 Å². The predicted octanol–water partition coefficient (Wildman–Crippen LogP) is 2.95. The Balaban J connectivity index is 1.71. The zero-order chi connectivity index (χ0) is 13.9. The second-order valence-electron chi connectivity index (χ2n) is 5.04. The molecule has 1 aliphatic rings. The van der Waals surface area contributed by atoms with Crippen molar-refractivity contribution in [1.29, 1.82) is 0 Å². The first-order chi connectivity index (χ1) is 9.70. The van der Waals surface area contributed by atoms with Gasteiger partial charge in [-0.2, -0.15) is 4.98 Å². The number of rotatable bonds is 5. The van der Waals surface area contributed by atoms with Crippen LogP contribution in [0.4, 0.5) is 5.69 Å². The largest absolute Gasteiger partial charge is 0.476 e. The van der Waals surface area contributed by atoms with Gasteiger partial charge in [-0.1, -0.05) is 0 Å². The summed E-state index contributed by atoms with van der Waals surface area (Å²) in [4.78, 5) is 8.47. The molecule has 0 atom stereocenters. The van der Waals surface area contributed by atoms with Crippen LogP contribution in [-0.4, -0.2) is 16.6 Å². The van der Waals surface area contributed by atoms with E-state index in [9.17, 15) is 0 Å². The number of hydrogen-bond acceptors (Lipinski definition) is 5. The van der Waals surface area contributed by atoms with E-state index in [0.717, 1.165) is 5.69 Å². The Labute approximate surface area is 117 Å². The van der Waals surface area contributed by atoms with E-state index in [1.54, 1.807) is 18.3 Å². The van der Waals surface area contributed by atoms with Crippen molar-refractivity contribution in [1.82, 2.24) is 9.97 Å². The second-order valence-corrected chi connectivity index (χ2v) is 5.04. The summed E-state index contributed by atoms with van der Waals surface area (Å²) in [5, 5.41) is 0. The van der Waals surface area contributed by atoms with Gasteiger partial charge in [-0.3, -0.25) is 4.98 Å². The molecule has 2 N–H and O–H groups in total. The van der Waals surface area contributed by atoms with E-state index in [1.807, 2.05) is 19.1 Å². The zero-order valence-electron chi connectivity index (χ0n) is 11.4. The molecule has 5 heteroatoms. The average Bonchev–Trinajstić information content (AvgIpc) is 3.26. The molecule has 5 nitrogen and oxygen atoms in total. The van der Waals surface area contributed by atoms with Crippen molar-refractivity contribution < 1.29 is 9.47 Å². The number of nitrogens with zero attached hydrogens (tertiary/aromatic N) is 2. The third-order valence-electron chi connectivity index (χ3n) is 3.12. The molecule has 0 radical (unpaired) electrons. The number of pyridine rings is 2. The van der Waals surface area contributed by atoms with E-state index in [1.165, 1.54) is 12.8 Å². The molecule has 1 aliphatic carbocycles. The summed E-state index contributed by atoms with van der Waals surface area (Å²) in [6.07, 6.45) is 4.12. The van der Waals surface area contributed by atoms with Crippen molar-refractivity contribution in [3.05, 3.63) is 36.2 Å². The normalized spacial score (nSPS) is 14.1. The molecule has 0 amide bonds. The Hall–Kier alpha value is -2.30. The first-order valence-corrected chi connectivity index (χ1v) is 6.70. The molecule has 20 heavy (non-hydrogen) atoms. The summed E-state index contributed by atoms with van der Waals surface area (Å²) in [5.41, 5.74) is 7.32. The monoisotopic (exact) mass is 271 g/mol. The highest BCUT2D eigenvalue weighted by molar-refractivity contribution is 5.49. The van der Waals surface area contributed by atoms with Crippen molar-refractivity contribution in [3.8, 4) is 17.5 Å². The van der Waals surface area contributed by atoms with Gasteiger partial charge < -0.3 is 15.2 Å². The molecule has 2 aromatic heterocycles. The molecular formula is C15H17N3O2. The van der Waals surface area contributed by atoms with E-state index in [0.29, 0.717) is 35.7 Å². The van der Waals surface area contributed by atoms with E-state index in [4.69, 9.17) is 15.2 Å². The molecule has 2 aromatic rings. The summed E-state index contributed by atoms with van der Waals surface area (Å²) in [5.74, 6) is 2.19. The van der Waals surface area contributed by atoms with Gasteiger partial charge in [0.1, 0.15) is 5.75 Å². The minimum Gasteiger partial charge on any atom is -0.476 e. The molecule has 0 spiro atoms. The summed E-state index contributed by atoms with van der Waals surface area (Å²) in [7, 11) is 0. The van der Waals surface area contributed by atoms with Crippen LogP contribution in [0.5, 0.6) is 17.5 Å². The highest BCUT2D eigenvalue weighted by Crippen LogP contribution is 2.31. The van der Waals surface area contributed by atoms with Crippen LogP contribution in [0.15, 0.2) is 30.5 Å². The molecular weight excluding hydrogens is 254 g/mol. The van der Waals surface area contributed by atoms with Gasteiger partial charge in [0.15, 0.2) is 0 Å². The van der Waals surface area contributed by atoms with Crippen LogP contribution in [0.2, 0.25) is 0 Å². The smallest absolute Gasteiger partial charge is 0.240 e. The van der Waals surface area contributed by atoms with E-state index < -0.39 is 0 Å². The maximum atomic E-state index is 5.85. The number of nitrogens with two attached hydrogens (primary N) is 1. The molecule has 0 saturated heterocycles. The maximum Gasteiger partial charge on any atom is 0.240 e.